The van der Waals surface area contributed by atoms with Crippen molar-refractivity contribution in [2.45, 2.75) is 12.6 Å². The quantitative estimate of drug-likeness (QED) is 0.650. The van der Waals surface area contributed by atoms with Crippen LogP contribution in [0.15, 0.2) is 23.1 Å². The van der Waals surface area contributed by atoms with Gasteiger partial charge in [0.25, 0.3) is 0 Å². The Kier molecular flexibility index (Phi) is 2.68. The zero-order valence-electron chi connectivity index (χ0n) is 7.81. The highest BCUT2D eigenvalue weighted by Gasteiger charge is 2.36. The largest absolute Gasteiger partial charge is 0.468 e. The molecule has 0 spiro atoms. The monoisotopic (exact) mass is 231 g/mol. The number of halogens is 1. The molecule has 0 saturated carbocycles. The van der Waals surface area contributed by atoms with Crippen molar-refractivity contribution in [1.29, 1.82) is 0 Å². The van der Waals surface area contributed by atoms with Crippen molar-refractivity contribution in [1.82, 2.24) is 4.42 Å². The van der Waals surface area contributed by atoms with Gasteiger partial charge < -0.3 is 14.9 Å². The van der Waals surface area contributed by atoms with Crippen LogP contribution in [0, 0.1) is 0 Å². The summed E-state index contributed by atoms with van der Waals surface area (Å²) >= 11 is 5.90. The van der Waals surface area contributed by atoms with Crippen LogP contribution in [0.4, 0.5) is 0 Å². The lowest BCUT2D eigenvalue weighted by atomic mass is 10.0. The standard InChI is InChI=1S/C9H10ClNO4/c10-11-8(4-13)15-7-2-6(14)1-5(3-12)9(7)11/h1,8,12-13H,2-4H2. The van der Waals surface area contributed by atoms with E-state index in [9.17, 15) is 4.79 Å². The first kappa shape index (κ1) is 10.5. The second kappa shape index (κ2) is 3.84. The second-order valence-electron chi connectivity index (χ2n) is 3.31. The number of aliphatic hydroxyl groups excluding tert-OH is 2. The highest BCUT2D eigenvalue weighted by Crippen LogP contribution is 2.36. The minimum Gasteiger partial charge on any atom is -0.468 e. The molecule has 5 nitrogen and oxygen atoms in total. The Balaban J connectivity index is 2.33. The fourth-order valence-electron chi connectivity index (χ4n) is 1.67. The van der Waals surface area contributed by atoms with Crippen molar-refractivity contribution in [2.75, 3.05) is 13.2 Å². The van der Waals surface area contributed by atoms with Crippen LogP contribution in [-0.2, 0) is 9.53 Å². The predicted octanol–water partition coefficient (Wildman–Crippen LogP) is -0.106. The fraction of sp³-hybridized carbons (Fsp3) is 0.444. The number of aliphatic hydroxyl groups is 2. The molecule has 0 saturated heterocycles. The van der Waals surface area contributed by atoms with Crippen LogP contribution >= 0.6 is 11.8 Å². The Morgan fingerprint density at radius 3 is 2.93 bits per heavy atom. The third-order valence-electron chi connectivity index (χ3n) is 2.31. The Labute approximate surface area is 91.3 Å². The number of carbonyl (C=O) groups excluding carboxylic acids is 1. The van der Waals surface area contributed by atoms with Gasteiger partial charge in [-0.25, -0.2) is 4.42 Å². The van der Waals surface area contributed by atoms with Gasteiger partial charge in [-0.1, -0.05) is 0 Å². The lowest BCUT2D eigenvalue weighted by Crippen LogP contribution is -2.27. The summed E-state index contributed by atoms with van der Waals surface area (Å²) in [5, 5.41) is 18.0. The van der Waals surface area contributed by atoms with E-state index in [1.165, 1.54) is 10.5 Å². The number of allylic oxidation sites excluding steroid dienone is 2. The van der Waals surface area contributed by atoms with Crippen LogP contribution in [0.2, 0.25) is 0 Å². The molecule has 6 heteroatoms. The summed E-state index contributed by atoms with van der Waals surface area (Å²) in [5.74, 6) is 0.280. The molecule has 1 aliphatic carbocycles. The molecule has 0 fully saturated rings. The summed E-state index contributed by atoms with van der Waals surface area (Å²) in [5.41, 5.74) is 0.921. The lowest BCUT2D eigenvalue weighted by molar-refractivity contribution is -0.115. The molecule has 0 amide bonds. The Morgan fingerprint density at radius 1 is 1.60 bits per heavy atom. The van der Waals surface area contributed by atoms with Crippen molar-refractivity contribution in [2.24, 2.45) is 0 Å². The van der Waals surface area contributed by atoms with E-state index in [1.807, 2.05) is 0 Å². The van der Waals surface area contributed by atoms with Gasteiger partial charge in [0.1, 0.15) is 18.1 Å². The van der Waals surface area contributed by atoms with Gasteiger partial charge in [0, 0.05) is 17.3 Å². The SMILES string of the molecule is O=C1C=C(CO)C2=C(C1)OC(CO)N2Cl. The van der Waals surface area contributed by atoms with E-state index in [-0.39, 0.29) is 25.4 Å². The third-order valence-corrected chi connectivity index (χ3v) is 2.70. The number of rotatable bonds is 2. The van der Waals surface area contributed by atoms with Gasteiger partial charge in [0.05, 0.1) is 13.0 Å². The minimum atomic E-state index is -0.683. The van der Waals surface area contributed by atoms with Crippen LogP contribution in [0.1, 0.15) is 6.42 Å². The maximum atomic E-state index is 11.3. The van der Waals surface area contributed by atoms with Gasteiger partial charge in [-0.05, 0) is 6.08 Å². The number of hydrogen-bond acceptors (Lipinski definition) is 5. The first-order chi connectivity index (χ1) is 7.17. The van der Waals surface area contributed by atoms with Gasteiger partial charge in [-0.2, -0.15) is 0 Å². The first-order valence-electron chi connectivity index (χ1n) is 4.47. The molecule has 1 heterocycles. The zero-order valence-corrected chi connectivity index (χ0v) is 8.57. The molecule has 0 bridgehead atoms. The van der Waals surface area contributed by atoms with E-state index in [0.29, 0.717) is 17.0 Å². The number of ketones is 1. The second-order valence-corrected chi connectivity index (χ2v) is 3.67. The van der Waals surface area contributed by atoms with E-state index >= 15 is 0 Å². The van der Waals surface area contributed by atoms with Gasteiger partial charge in [-0.15, -0.1) is 0 Å². The molecule has 2 aliphatic rings. The van der Waals surface area contributed by atoms with Crippen molar-refractivity contribution in [3.8, 4) is 0 Å². The molecule has 1 atom stereocenters. The fourth-order valence-corrected chi connectivity index (χ4v) is 1.98. The van der Waals surface area contributed by atoms with Crippen LogP contribution in [0.3, 0.4) is 0 Å². The van der Waals surface area contributed by atoms with Crippen molar-refractivity contribution < 1.29 is 19.7 Å². The molecule has 0 aromatic rings. The maximum absolute atomic E-state index is 11.3. The molecule has 1 unspecified atom stereocenters. The summed E-state index contributed by atoms with van der Waals surface area (Å²) in [7, 11) is 0. The first-order valence-corrected chi connectivity index (χ1v) is 4.81. The Morgan fingerprint density at radius 2 is 2.33 bits per heavy atom. The van der Waals surface area contributed by atoms with Gasteiger partial charge >= 0.3 is 0 Å². The van der Waals surface area contributed by atoms with E-state index in [1.54, 1.807) is 0 Å². The minimum absolute atomic E-state index is 0.124. The van der Waals surface area contributed by atoms with Crippen molar-refractivity contribution in [3.63, 3.8) is 0 Å². The number of carbonyl (C=O) groups is 1. The molecular weight excluding hydrogens is 222 g/mol. The third kappa shape index (κ3) is 1.62. The Bertz CT molecular complexity index is 363. The van der Waals surface area contributed by atoms with Gasteiger partial charge in [0.2, 0.25) is 6.23 Å². The van der Waals surface area contributed by atoms with E-state index < -0.39 is 6.23 Å². The molecule has 15 heavy (non-hydrogen) atoms. The number of ether oxygens (including phenoxy) is 1. The predicted molar refractivity (Wildman–Crippen MR) is 51.5 cm³/mol. The summed E-state index contributed by atoms with van der Waals surface area (Å²) in [6.07, 6.45) is 0.785. The summed E-state index contributed by atoms with van der Waals surface area (Å²) in [6.45, 7) is -0.557. The topological polar surface area (TPSA) is 70.0 Å². The van der Waals surface area contributed by atoms with Crippen LogP contribution in [0.25, 0.3) is 0 Å². The average molecular weight is 232 g/mol. The highest BCUT2D eigenvalue weighted by molar-refractivity contribution is 6.15. The van der Waals surface area contributed by atoms with Crippen LogP contribution in [0.5, 0.6) is 0 Å². The summed E-state index contributed by atoms with van der Waals surface area (Å²) in [6, 6.07) is 0. The Hall–Kier alpha value is -1.04. The normalized spacial score (nSPS) is 25.3. The average Bonchev–Trinajstić information content (AvgIpc) is 2.54. The molecule has 2 N–H and O–H groups in total. The van der Waals surface area contributed by atoms with Crippen LogP contribution < -0.4 is 0 Å². The molecule has 82 valence electrons. The van der Waals surface area contributed by atoms with Crippen LogP contribution in [-0.4, -0.2) is 39.9 Å². The van der Waals surface area contributed by atoms with Gasteiger partial charge in [-0.3, -0.25) is 4.79 Å². The summed E-state index contributed by atoms with van der Waals surface area (Å²) < 4.78 is 6.49. The van der Waals surface area contributed by atoms with Gasteiger partial charge in [0.15, 0.2) is 5.78 Å². The lowest BCUT2D eigenvalue weighted by Gasteiger charge is -2.18. The summed E-state index contributed by atoms with van der Waals surface area (Å²) in [4.78, 5) is 11.3. The molecule has 1 aliphatic heterocycles. The van der Waals surface area contributed by atoms with Crippen molar-refractivity contribution in [3.05, 3.63) is 23.1 Å². The zero-order chi connectivity index (χ0) is 11.0. The van der Waals surface area contributed by atoms with Crippen molar-refractivity contribution >= 4 is 17.6 Å². The highest BCUT2D eigenvalue weighted by atomic mass is 35.5. The molecule has 2 rings (SSSR count). The van der Waals surface area contributed by atoms with E-state index in [4.69, 9.17) is 26.7 Å². The molecule has 0 aromatic heterocycles. The van der Waals surface area contributed by atoms with E-state index in [0.717, 1.165) is 0 Å². The number of nitrogens with zero attached hydrogens (tertiary/aromatic N) is 1. The molecule has 0 aromatic carbocycles. The van der Waals surface area contributed by atoms with E-state index in [2.05, 4.69) is 0 Å². The smallest absolute Gasteiger partial charge is 0.209 e. The molecular formula is C9H10ClNO4. The molecule has 0 radical (unpaired) electrons. The maximum Gasteiger partial charge on any atom is 0.209 e. The number of hydrogen-bond donors (Lipinski definition) is 2.